The zero-order valence-electron chi connectivity index (χ0n) is 15.2. The summed E-state index contributed by atoms with van der Waals surface area (Å²) < 4.78 is 43.3. The normalized spacial score (nSPS) is 13.4. The maximum Gasteiger partial charge on any atom is 0.434 e. The van der Waals surface area contributed by atoms with Crippen LogP contribution >= 0.6 is 11.3 Å². The van der Waals surface area contributed by atoms with Gasteiger partial charge in [-0.05, 0) is 12.5 Å². The van der Waals surface area contributed by atoms with E-state index in [1.54, 1.807) is 7.11 Å². The molecule has 1 aromatic heterocycles. The molecular weight excluding hydrogens is 377 g/mol. The first-order chi connectivity index (χ1) is 12.9. The Morgan fingerprint density at radius 1 is 1.26 bits per heavy atom. The molecule has 9 heteroatoms. The topological polar surface area (TPSA) is 58.5 Å². The van der Waals surface area contributed by atoms with Crippen LogP contribution in [0.25, 0.3) is 0 Å². The maximum atomic E-state index is 12.6. The number of hydrogen-bond acceptors (Lipinski definition) is 4. The van der Waals surface area contributed by atoms with Crippen LogP contribution in [0.1, 0.15) is 29.3 Å². The Hall–Kier alpha value is -2.13. The van der Waals surface area contributed by atoms with Gasteiger partial charge in [0.25, 0.3) is 0 Å². The van der Waals surface area contributed by atoms with Gasteiger partial charge in [0.15, 0.2) is 11.7 Å². The minimum Gasteiger partial charge on any atom is -0.375 e. The van der Waals surface area contributed by atoms with E-state index < -0.39 is 11.9 Å². The highest BCUT2D eigenvalue weighted by molar-refractivity contribution is 7.09. The molecule has 1 atom stereocenters. The fourth-order valence-corrected chi connectivity index (χ4v) is 3.15. The lowest BCUT2D eigenvalue weighted by atomic mass is 10.1. The van der Waals surface area contributed by atoms with Crippen molar-refractivity contribution in [1.82, 2.24) is 15.6 Å². The number of nitrogens with one attached hydrogen (secondary N) is 2. The number of alkyl halides is 3. The molecule has 0 aliphatic rings. The zero-order chi connectivity index (χ0) is 19.7. The standard InChI is InChI=1S/C18H23F3N4OS/c1-3-22-17(24-11-14(26-2)13-7-5-4-6-8-13)23-10-9-16-25-15(12-27-16)18(19,20)21/h4-8,12,14H,3,9-11H2,1-2H3,(H2,22,23,24). The minimum atomic E-state index is -4.40. The third-order valence-electron chi connectivity index (χ3n) is 3.69. The summed E-state index contributed by atoms with van der Waals surface area (Å²) in [6.07, 6.45) is -4.18. The van der Waals surface area contributed by atoms with E-state index in [1.807, 2.05) is 37.3 Å². The van der Waals surface area contributed by atoms with Crippen molar-refractivity contribution in [2.24, 2.45) is 4.99 Å². The van der Waals surface area contributed by atoms with Gasteiger partial charge in [-0.15, -0.1) is 11.3 Å². The van der Waals surface area contributed by atoms with E-state index in [4.69, 9.17) is 4.74 Å². The first kappa shape index (κ1) is 21.2. The van der Waals surface area contributed by atoms with Gasteiger partial charge in [0.2, 0.25) is 0 Å². The average Bonchev–Trinajstić information content (AvgIpc) is 3.12. The van der Waals surface area contributed by atoms with Crippen molar-refractivity contribution in [3.8, 4) is 0 Å². The smallest absolute Gasteiger partial charge is 0.375 e. The molecule has 0 amide bonds. The van der Waals surface area contributed by atoms with Gasteiger partial charge in [-0.25, -0.2) is 4.98 Å². The number of aromatic nitrogens is 1. The summed E-state index contributed by atoms with van der Waals surface area (Å²) >= 11 is 1.01. The fraction of sp³-hybridized carbons (Fsp3) is 0.444. The third-order valence-corrected chi connectivity index (χ3v) is 4.60. The number of hydrogen-bond donors (Lipinski definition) is 2. The molecule has 0 bridgehead atoms. The summed E-state index contributed by atoms with van der Waals surface area (Å²) in [5.41, 5.74) is 0.191. The molecule has 0 saturated heterocycles. The van der Waals surface area contributed by atoms with Gasteiger partial charge in [0, 0.05) is 32.0 Å². The Labute approximate surface area is 160 Å². The van der Waals surface area contributed by atoms with Gasteiger partial charge in [-0.3, -0.25) is 4.99 Å². The van der Waals surface area contributed by atoms with Crippen LogP contribution < -0.4 is 10.6 Å². The van der Waals surface area contributed by atoms with Crippen LogP contribution in [-0.4, -0.2) is 37.7 Å². The van der Waals surface area contributed by atoms with Crippen LogP contribution in [0.15, 0.2) is 40.7 Å². The van der Waals surface area contributed by atoms with Crippen molar-refractivity contribution in [3.05, 3.63) is 52.0 Å². The Kier molecular flexibility index (Phi) is 8.05. The van der Waals surface area contributed by atoms with E-state index in [9.17, 15) is 13.2 Å². The van der Waals surface area contributed by atoms with Crippen LogP contribution in [0.3, 0.4) is 0 Å². The molecule has 1 aromatic carbocycles. The van der Waals surface area contributed by atoms with Crippen LogP contribution in [0, 0.1) is 0 Å². The molecule has 27 heavy (non-hydrogen) atoms. The summed E-state index contributed by atoms with van der Waals surface area (Å²) in [4.78, 5) is 8.13. The predicted molar refractivity (Wildman–Crippen MR) is 101 cm³/mol. The molecule has 0 saturated carbocycles. The molecule has 0 aliphatic heterocycles. The van der Waals surface area contributed by atoms with E-state index in [2.05, 4.69) is 20.6 Å². The lowest BCUT2D eigenvalue weighted by Crippen LogP contribution is -2.38. The van der Waals surface area contributed by atoms with Gasteiger partial charge < -0.3 is 15.4 Å². The van der Waals surface area contributed by atoms with Gasteiger partial charge >= 0.3 is 6.18 Å². The third kappa shape index (κ3) is 6.84. The van der Waals surface area contributed by atoms with Gasteiger partial charge in [-0.1, -0.05) is 30.3 Å². The molecule has 2 N–H and O–H groups in total. The maximum absolute atomic E-state index is 12.6. The van der Waals surface area contributed by atoms with E-state index >= 15 is 0 Å². The molecule has 2 aromatic rings. The SMILES string of the molecule is CCNC(=NCC(OC)c1ccccc1)NCCc1nc(C(F)(F)F)cs1. The quantitative estimate of drug-likeness (QED) is 0.525. The number of thiazole rings is 1. The Bertz CT molecular complexity index is 719. The molecule has 0 fully saturated rings. The van der Waals surface area contributed by atoms with E-state index in [0.29, 0.717) is 37.0 Å². The molecule has 0 aliphatic carbocycles. The van der Waals surface area contributed by atoms with Crippen LogP contribution in [0.5, 0.6) is 0 Å². The lowest BCUT2D eigenvalue weighted by Gasteiger charge is -2.15. The second-order valence-corrected chi connectivity index (χ2v) is 6.60. The summed E-state index contributed by atoms with van der Waals surface area (Å²) in [5.74, 6) is 0.586. The molecular formula is C18H23F3N4OS. The van der Waals surface area contributed by atoms with Crippen molar-refractivity contribution in [2.45, 2.75) is 25.6 Å². The summed E-state index contributed by atoms with van der Waals surface area (Å²) in [6.45, 7) is 3.47. The van der Waals surface area contributed by atoms with E-state index in [1.165, 1.54) is 0 Å². The Morgan fingerprint density at radius 3 is 2.59 bits per heavy atom. The first-order valence-corrected chi connectivity index (χ1v) is 9.43. The summed E-state index contributed by atoms with van der Waals surface area (Å²) in [7, 11) is 1.63. The van der Waals surface area contributed by atoms with E-state index in [-0.39, 0.29) is 6.10 Å². The monoisotopic (exact) mass is 400 g/mol. The summed E-state index contributed by atoms with van der Waals surface area (Å²) in [6, 6.07) is 9.78. The first-order valence-electron chi connectivity index (χ1n) is 8.55. The predicted octanol–water partition coefficient (Wildman–Crippen LogP) is 3.65. The zero-order valence-corrected chi connectivity index (χ0v) is 16.0. The van der Waals surface area contributed by atoms with Crippen LogP contribution in [-0.2, 0) is 17.3 Å². The highest BCUT2D eigenvalue weighted by Gasteiger charge is 2.33. The molecule has 1 heterocycles. The highest BCUT2D eigenvalue weighted by atomic mass is 32.1. The van der Waals surface area contributed by atoms with Gasteiger partial charge in [-0.2, -0.15) is 13.2 Å². The van der Waals surface area contributed by atoms with Crippen molar-refractivity contribution in [1.29, 1.82) is 0 Å². The lowest BCUT2D eigenvalue weighted by molar-refractivity contribution is -0.140. The molecule has 0 radical (unpaired) electrons. The second kappa shape index (κ2) is 10.3. The average molecular weight is 400 g/mol. The number of rotatable bonds is 8. The number of halogens is 3. The van der Waals surface area contributed by atoms with Crippen molar-refractivity contribution in [3.63, 3.8) is 0 Å². The number of ether oxygens (including phenoxy) is 1. The number of methoxy groups -OCH3 is 1. The molecule has 1 unspecified atom stereocenters. The number of guanidine groups is 1. The van der Waals surface area contributed by atoms with Gasteiger partial charge in [0.1, 0.15) is 6.10 Å². The largest absolute Gasteiger partial charge is 0.434 e. The number of nitrogens with zero attached hydrogens (tertiary/aromatic N) is 2. The molecule has 5 nitrogen and oxygen atoms in total. The number of benzene rings is 1. The summed E-state index contributed by atoms with van der Waals surface area (Å²) in [5, 5.41) is 7.71. The fourth-order valence-electron chi connectivity index (χ4n) is 2.34. The number of aliphatic imine (C=N–C) groups is 1. The van der Waals surface area contributed by atoms with E-state index in [0.717, 1.165) is 22.3 Å². The van der Waals surface area contributed by atoms with Crippen molar-refractivity contribution >= 4 is 17.3 Å². The second-order valence-electron chi connectivity index (χ2n) is 5.66. The van der Waals surface area contributed by atoms with Crippen molar-refractivity contribution < 1.29 is 17.9 Å². The van der Waals surface area contributed by atoms with Crippen molar-refractivity contribution in [2.75, 3.05) is 26.7 Å². The van der Waals surface area contributed by atoms with Crippen LogP contribution in [0.2, 0.25) is 0 Å². The molecule has 0 spiro atoms. The highest BCUT2D eigenvalue weighted by Crippen LogP contribution is 2.30. The molecule has 148 valence electrons. The van der Waals surface area contributed by atoms with Crippen LogP contribution in [0.4, 0.5) is 13.2 Å². The van der Waals surface area contributed by atoms with Gasteiger partial charge in [0.05, 0.1) is 11.6 Å². The molecule has 2 rings (SSSR count). The Balaban J connectivity index is 1.90. The minimum absolute atomic E-state index is 0.171. The Morgan fingerprint density at radius 2 is 2.00 bits per heavy atom.